The van der Waals surface area contributed by atoms with Crippen LogP contribution in [0.25, 0.3) is 0 Å². The van der Waals surface area contributed by atoms with Gasteiger partial charge in [-0.1, -0.05) is 13.3 Å². The predicted molar refractivity (Wildman–Crippen MR) is 37.1 cm³/mol. The summed E-state index contributed by atoms with van der Waals surface area (Å²) in [5, 5.41) is 0. The van der Waals surface area contributed by atoms with Gasteiger partial charge < -0.3 is 4.57 Å². The number of unbranched alkanes of at least 4 members (excludes halogenated alkanes) is 1. The molecule has 0 amide bonds. The summed E-state index contributed by atoms with van der Waals surface area (Å²) in [6, 6.07) is 0. The average Bonchev–Trinajstić information content (AvgIpc) is 2.34. The molecule has 1 aromatic heterocycles. The predicted octanol–water partition coefficient (Wildman–Crippen LogP) is 1.68. The molecule has 1 aromatic rings. The molecule has 1 heterocycles. The number of aryl methyl sites for hydroxylation is 1. The summed E-state index contributed by atoms with van der Waals surface area (Å²) in [6.45, 7) is 3.30. The van der Waals surface area contributed by atoms with E-state index in [4.69, 9.17) is 0 Å². The maximum atomic E-state index is 3.94. The molecule has 50 valence electrons. The summed E-state index contributed by atoms with van der Waals surface area (Å²) in [7, 11) is 0. The lowest BCUT2D eigenvalue weighted by molar-refractivity contribution is 0.631. The molecule has 0 fully saturated rings. The van der Waals surface area contributed by atoms with Crippen LogP contribution in [0.3, 0.4) is 0 Å². The van der Waals surface area contributed by atoms with E-state index in [1.54, 1.807) is 0 Å². The van der Waals surface area contributed by atoms with Crippen molar-refractivity contribution in [1.29, 1.82) is 0 Å². The highest BCUT2D eigenvalue weighted by atomic mass is 15.1. The quantitative estimate of drug-likeness (QED) is 0.601. The van der Waals surface area contributed by atoms with Crippen LogP contribution in [0.2, 0.25) is 0 Å². The Hall–Kier alpha value is -0.790. The van der Waals surface area contributed by atoms with Gasteiger partial charge in [-0.3, -0.25) is 0 Å². The van der Waals surface area contributed by atoms with E-state index >= 15 is 0 Å². The van der Waals surface area contributed by atoms with Crippen LogP contribution in [0.15, 0.2) is 18.7 Å². The van der Waals surface area contributed by atoms with Crippen LogP contribution in [0, 0.1) is 0 Å². The van der Waals surface area contributed by atoms with E-state index in [0.717, 1.165) is 6.54 Å². The number of hydrogen-bond acceptors (Lipinski definition) is 1. The topological polar surface area (TPSA) is 17.8 Å². The Kier molecular flexibility index (Phi) is 2.31. The second-order valence-corrected chi connectivity index (χ2v) is 2.15. The summed E-state index contributed by atoms with van der Waals surface area (Å²) in [6.07, 6.45) is 8.16. The Morgan fingerprint density at radius 1 is 1.56 bits per heavy atom. The van der Waals surface area contributed by atoms with E-state index in [2.05, 4.69) is 16.5 Å². The van der Waals surface area contributed by atoms with Crippen molar-refractivity contribution in [2.75, 3.05) is 0 Å². The molecule has 0 atom stereocenters. The fourth-order valence-corrected chi connectivity index (χ4v) is 0.760. The largest absolute Gasteiger partial charge is 0.337 e. The SMILES string of the molecule is CCCCn1ccn[13cH]1. The molecule has 0 N–H and O–H groups in total. The third kappa shape index (κ3) is 1.88. The van der Waals surface area contributed by atoms with Crippen molar-refractivity contribution in [1.82, 2.24) is 9.55 Å². The lowest BCUT2D eigenvalue weighted by Crippen LogP contribution is -1.92. The number of nitrogens with zero attached hydrogens (tertiary/aromatic N) is 2. The fraction of sp³-hybridized carbons (Fsp3) is 0.571. The summed E-state index contributed by atoms with van der Waals surface area (Å²) < 4.78 is 2.10. The Labute approximate surface area is 55.5 Å². The minimum absolute atomic E-state index is 1.11. The van der Waals surface area contributed by atoms with Gasteiger partial charge in [0.15, 0.2) is 0 Å². The van der Waals surface area contributed by atoms with Gasteiger partial charge in [-0.25, -0.2) is 4.98 Å². The zero-order valence-corrected chi connectivity index (χ0v) is 5.75. The maximum absolute atomic E-state index is 3.94. The van der Waals surface area contributed by atoms with Crippen molar-refractivity contribution >= 4 is 0 Å². The van der Waals surface area contributed by atoms with Gasteiger partial charge >= 0.3 is 0 Å². The fourth-order valence-electron chi connectivity index (χ4n) is 0.760. The van der Waals surface area contributed by atoms with Gasteiger partial charge in [0.25, 0.3) is 0 Å². The molecule has 0 unspecified atom stereocenters. The van der Waals surface area contributed by atoms with Crippen LogP contribution >= 0.6 is 0 Å². The minimum atomic E-state index is 1.11. The highest BCUT2D eigenvalue weighted by Crippen LogP contribution is 1.92. The van der Waals surface area contributed by atoms with Gasteiger partial charge in [-0.15, -0.1) is 0 Å². The maximum Gasteiger partial charge on any atom is 0.0945 e. The summed E-state index contributed by atoms with van der Waals surface area (Å²) in [5.41, 5.74) is 0. The van der Waals surface area contributed by atoms with Crippen molar-refractivity contribution in [2.45, 2.75) is 26.3 Å². The van der Waals surface area contributed by atoms with Crippen molar-refractivity contribution in [3.8, 4) is 0 Å². The highest BCUT2D eigenvalue weighted by Gasteiger charge is 1.85. The monoisotopic (exact) mass is 125 g/mol. The first-order valence-electron chi connectivity index (χ1n) is 3.39. The van der Waals surface area contributed by atoms with E-state index in [1.807, 2.05) is 18.7 Å². The molecule has 0 aliphatic rings. The number of hydrogen-bond donors (Lipinski definition) is 0. The summed E-state index contributed by atoms with van der Waals surface area (Å²) >= 11 is 0. The average molecular weight is 125 g/mol. The molecule has 0 bridgehead atoms. The molecular formula is C7H12N2. The van der Waals surface area contributed by atoms with E-state index < -0.39 is 0 Å². The number of imidazole rings is 1. The second kappa shape index (κ2) is 3.28. The highest BCUT2D eigenvalue weighted by molar-refractivity contribution is 4.73. The Morgan fingerprint density at radius 2 is 2.44 bits per heavy atom. The zero-order chi connectivity index (χ0) is 6.53. The molecule has 9 heavy (non-hydrogen) atoms. The smallest absolute Gasteiger partial charge is 0.0945 e. The molecule has 0 aliphatic heterocycles. The minimum Gasteiger partial charge on any atom is -0.337 e. The van der Waals surface area contributed by atoms with Crippen molar-refractivity contribution in [3.63, 3.8) is 0 Å². The van der Waals surface area contributed by atoms with Crippen LogP contribution in [-0.4, -0.2) is 9.55 Å². The lowest BCUT2D eigenvalue weighted by Gasteiger charge is -1.96. The molecular weight excluding hydrogens is 113 g/mol. The third-order valence-electron chi connectivity index (χ3n) is 1.33. The molecule has 0 spiro atoms. The third-order valence-corrected chi connectivity index (χ3v) is 1.33. The Bertz CT molecular complexity index is 144. The van der Waals surface area contributed by atoms with E-state index in [0.29, 0.717) is 0 Å². The zero-order valence-electron chi connectivity index (χ0n) is 5.75. The molecule has 0 saturated carbocycles. The van der Waals surface area contributed by atoms with Crippen LogP contribution in [-0.2, 0) is 6.54 Å². The Morgan fingerprint density at radius 3 is 3.00 bits per heavy atom. The first-order valence-corrected chi connectivity index (χ1v) is 3.39. The van der Waals surface area contributed by atoms with Crippen LogP contribution in [0.5, 0.6) is 0 Å². The first-order chi connectivity index (χ1) is 4.43. The standard InChI is InChI=1S/C7H12N2/c1-2-3-5-9-6-4-8-7-9/h4,6-7H,2-3,5H2,1H3/i7+1. The molecule has 0 aliphatic carbocycles. The van der Waals surface area contributed by atoms with Crippen LogP contribution in [0.1, 0.15) is 19.8 Å². The lowest BCUT2D eigenvalue weighted by atomic mass is 10.3. The molecule has 0 radical (unpaired) electrons. The molecule has 2 heteroatoms. The molecule has 0 saturated heterocycles. The summed E-state index contributed by atoms with van der Waals surface area (Å²) in [4.78, 5) is 3.94. The van der Waals surface area contributed by atoms with E-state index in [-0.39, 0.29) is 0 Å². The Balaban J connectivity index is 2.30. The van der Waals surface area contributed by atoms with Gasteiger partial charge in [0.1, 0.15) is 0 Å². The molecule has 1 rings (SSSR count). The van der Waals surface area contributed by atoms with Gasteiger partial charge in [0, 0.05) is 18.9 Å². The number of aromatic nitrogens is 2. The van der Waals surface area contributed by atoms with E-state index in [1.165, 1.54) is 12.8 Å². The van der Waals surface area contributed by atoms with Gasteiger partial charge in [-0.05, 0) is 6.42 Å². The normalized spacial score (nSPS) is 9.89. The molecule has 0 aromatic carbocycles. The molecule has 2 nitrogen and oxygen atoms in total. The van der Waals surface area contributed by atoms with Crippen LogP contribution in [0.4, 0.5) is 0 Å². The van der Waals surface area contributed by atoms with Crippen molar-refractivity contribution in [2.24, 2.45) is 0 Å². The van der Waals surface area contributed by atoms with Crippen molar-refractivity contribution in [3.05, 3.63) is 18.7 Å². The van der Waals surface area contributed by atoms with E-state index in [9.17, 15) is 0 Å². The van der Waals surface area contributed by atoms with Crippen LogP contribution < -0.4 is 0 Å². The van der Waals surface area contributed by atoms with Gasteiger partial charge in [-0.2, -0.15) is 0 Å². The van der Waals surface area contributed by atoms with Gasteiger partial charge in [0.2, 0.25) is 0 Å². The van der Waals surface area contributed by atoms with Crippen molar-refractivity contribution < 1.29 is 0 Å². The second-order valence-electron chi connectivity index (χ2n) is 2.15. The van der Waals surface area contributed by atoms with Gasteiger partial charge in [0.05, 0.1) is 6.33 Å². The summed E-state index contributed by atoms with van der Waals surface area (Å²) in [5.74, 6) is 0. The first kappa shape index (κ1) is 6.33. The number of rotatable bonds is 3.